The Labute approximate surface area is 110 Å². The summed E-state index contributed by atoms with van der Waals surface area (Å²) in [5, 5.41) is 0. The molecular formula is C10H10BrN3O2S. The number of halogens is 1. The summed E-state index contributed by atoms with van der Waals surface area (Å²) in [5.41, 5.74) is 2.59. The van der Waals surface area contributed by atoms with E-state index in [2.05, 4.69) is 30.9 Å². The number of hydrogen-bond acceptors (Lipinski definition) is 5. The van der Waals surface area contributed by atoms with Crippen LogP contribution >= 0.6 is 27.3 Å². The average Bonchev–Trinajstić information content (AvgIpc) is 2.71. The van der Waals surface area contributed by atoms with Crippen LogP contribution in [-0.4, -0.2) is 21.6 Å². The fraction of sp³-hybridized carbons (Fsp3) is 0.300. The number of H-pyrrole nitrogens is 1. The minimum atomic E-state index is -0.246. The van der Waals surface area contributed by atoms with Gasteiger partial charge < -0.3 is 9.72 Å². The third-order valence-electron chi connectivity index (χ3n) is 2.18. The van der Waals surface area contributed by atoms with E-state index in [4.69, 9.17) is 4.74 Å². The Kier molecular flexibility index (Phi) is 3.90. The SMILES string of the molecule is Cc1ncsc1CCOc1nc[nH]c(=O)c1Br. The molecule has 0 aliphatic rings. The summed E-state index contributed by atoms with van der Waals surface area (Å²) in [6.45, 7) is 2.44. The van der Waals surface area contributed by atoms with E-state index in [1.807, 2.05) is 12.4 Å². The molecule has 5 nitrogen and oxygen atoms in total. The quantitative estimate of drug-likeness (QED) is 0.936. The molecule has 17 heavy (non-hydrogen) atoms. The van der Waals surface area contributed by atoms with Gasteiger partial charge in [-0.2, -0.15) is 0 Å². The summed E-state index contributed by atoms with van der Waals surface area (Å²) in [7, 11) is 0. The number of aromatic nitrogens is 3. The third kappa shape index (κ3) is 2.92. The van der Waals surface area contributed by atoms with Crippen LogP contribution < -0.4 is 10.3 Å². The van der Waals surface area contributed by atoms with Gasteiger partial charge in [-0.15, -0.1) is 11.3 Å². The molecule has 7 heteroatoms. The Balaban J connectivity index is 1.97. The lowest BCUT2D eigenvalue weighted by Crippen LogP contribution is -2.11. The number of thiazole rings is 1. The van der Waals surface area contributed by atoms with Gasteiger partial charge in [-0.3, -0.25) is 4.79 Å². The van der Waals surface area contributed by atoms with Crippen LogP contribution in [0.3, 0.4) is 0 Å². The molecule has 0 aliphatic carbocycles. The Morgan fingerprint density at radius 1 is 1.53 bits per heavy atom. The maximum absolute atomic E-state index is 11.3. The number of aryl methyl sites for hydroxylation is 1. The molecule has 2 aromatic heterocycles. The van der Waals surface area contributed by atoms with Crippen molar-refractivity contribution in [2.45, 2.75) is 13.3 Å². The zero-order valence-electron chi connectivity index (χ0n) is 9.07. The van der Waals surface area contributed by atoms with Crippen molar-refractivity contribution in [1.82, 2.24) is 15.0 Å². The second-order valence-corrected chi connectivity index (χ2v) is 5.04. The Morgan fingerprint density at radius 3 is 3.06 bits per heavy atom. The molecule has 0 bridgehead atoms. The van der Waals surface area contributed by atoms with Crippen LogP contribution in [0.15, 0.2) is 21.1 Å². The number of ether oxygens (including phenoxy) is 1. The fourth-order valence-electron chi connectivity index (χ4n) is 1.27. The maximum atomic E-state index is 11.3. The first kappa shape index (κ1) is 12.3. The van der Waals surface area contributed by atoms with Gasteiger partial charge in [0.15, 0.2) is 0 Å². The molecule has 2 rings (SSSR count). The van der Waals surface area contributed by atoms with Crippen molar-refractivity contribution < 1.29 is 4.74 Å². The highest BCUT2D eigenvalue weighted by molar-refractivity contribution is 9.10. The number of hydrogen-bond donors (Lipinski definition) is 1. The highest BCUT2D eigenvalue weighted by atomic mass is 79.9. The van der Waals surface area contributed by atoms with Crippen molar-refractivity contribution in [3.8, 4) is 5.88 Å². The minimum absolute atomic E-state index is 0.246. The van der Waals surface area contributed by atoms with E-state index >= 15 is 0 Å². The Bertz CT molecular complexity index is 567. The number of aromatic amines is 1. The molecule has 0 amide bonds. The summed E-state index contributed by atoms with van der Waals surface area (Å²) in [6.07, 6.45) is 2.08. The average molecular weight is 316 g/mol. The molecule has 0 radical (unpaired) electrons. The largest absolute Gasteiger partial charge is 0.476 e. The van der Waals surface area contributed by atoms with Crippen molar-refractivity contribution >= 4 is 27.3 Å². The zero-order chi connectivity index (χ0) is 12.3. The highest BCUT2D eigenvalue weighted by Crippen LogP contribution is 2.17. The molecule has 1 N–H and O–H groups in total. The summed E-state index contributed by atoms with van der Waals surface area (Å²) in [6, 6.07) is 0. The third-order valence-corrected chi connectivity index (χ3v) is 3.87. The van der Waals surface area contributed by atoms with Crippen molar-refractivity contribution in [2.75, 3.05) is 6.61 Å². The summed E-state index contributed by atoms with van der Waals surface area (Å²) in [4.78, 5) is 23.0. The number of nitrogens with zero attached hydrogens (tertiary/aromatic N) is 2. The van der Waals surface area contributed by atoms with Gasteiger partial charge in [-0.1, -0.05) is 0 Å². The summed E-state index contributed by atoms with van der Waals surface area (Å²) < 4.78 is 5.77. The zero-order valence-corrected chi connectivity index (χ0v) is 11.5. The van der Waals surface area contributed by atoms with E-state index < -0.39 is 0 Å². The van der Waals surface area contributed by atoms with Crippen LogP contribution in [0.2, 0.25) is 0 Å². The number of nitrogens with one attached hydrogen (secondary N) is 1. The lowest BCUT2D eigenvalue weighted by atomic mass is 10.3. The van der Waals surface area contributed by atoms with Gasteiger partial charge in [0, 0.05) is 11.3 Å². The molecule has 2 aromatic rings. The van der Waals surface area contributed by atoms with Crippen LogP contribution in [0.4, 0.5) is 0 Å². The van der Waals surface area contributed by atoms with Gasteiger partial charge in [-0.25, -0.2) is 9.97 Å². The van der Waals surface area contributed by atoms with Gasteiger partial charge in [0.05, 0.1) is 24.1 Å². The van der Waals surface area contributed by atoms with Gasteiger partial charge in [-0.05, 0) is 22.9 Å². The van der Waals surface area contributed by atoms with Crippen molar-refractivity contribution in [3.63, 3.8) is 0 Å². The van der Waals surface area contributed by atoms with Crippen LogP contribution in [0, 0.1) is 6.92 Å². The van der Waals surface area contributed by atoms with Crippen LogP contribution in [0.25, 0.3) is 0 Å². The number of rotatable bonds is 4. The first-order valence-corrected chi connectivity index (χ1v) is 6.60. The summed E-state index contributed by atoms with van der Waals surface area (Å²) >= 11 is 4.73. The van der Waals surface area contributed by atoms with Crippen LogP contribution in [0.1, 0.15) is 10.6 Å². The lowest BCUT2D eigenvalue weighted by molar-refractivity contribution is 0.307. The van der Waals surface area contributed by atoms with Crippen molar-refractivity contribution in [3.05, 3.63) is 37.2 Å². The second-order valence-electron chi connectivity index (χ2n) is 3.31. The molecule has 0 unspecified atom stereocenters. The lowest BCUT2D eigenvalue weighted by Gasteiger charge is -2.05. The first-order chi connectivity index (χ1) is 8.18. The molecular weight excluding hydrogens is 306 g/mol. The summed E-state index contributed by atoms with van der Waals surface area (Å²) in [5.74, 6) is 0.316. The molecule has 0 saturated heterocycles. The van der Waals surface area contributed by atoms with Gasteiger partial charge in [0.25, 0.3) is 5.56 Å². The van der Waals surface area contributed by atoms with E-state index in [9.17, 15) is 4.79 Å². The molecule has 0 saturated carbocycles. The van der Waals surface area contributed by atoms with Gasteiger partial charge >= 0.3 is 0 Å². The highest BCUT2D eigenvalue weighted by Gasteiger charge is 2.07. The molecule has 0 spiro atoms. The van der Waals surface area contributed by atoms with E-state index in [-0.39, 0.29) is 5.56 Å². The minimum Gasteiger partial charge on any atom is -0.476 e. The van der Waals surface area contributed by atoms with Crippen LogP contribution in [0.5, 0.6) is 5.88 Å². The van der Waals surface area contributed by atoms with Crippen molar-refractivity contribution in [1.29, 1.82) is 0 Å². The van der Waals surface area contributed by atoms with E-state index in [0.29, 0.717) is 17.0 Å². The maximum Gasteiger partial charge on any atom is 0.268 e. The van der Waals surface area contributed by atoms with Crippen LogP contribution in [-0.2, 0) is 6.42 Å². The standard InChI is InChI=1S/C10H10BrN3O2S/c1-6-7(17-5-14-6)2-3-16-10-8(11)9(15)12-4-13-10/h4-5H,2-3H2,1H3,(H,12,13,15). The van der Waals surface area contributed by atoms with E-state index in [1.54, 1.807) is 11.3 Å². The van der Waals surface area contributed by atoms with Crippen molar-refractivity contribution in [2.24, 2.45) is 0 Å². The molecule has 90 valence electrons. The predicted molar refractivity (Wildman–Crippen MR) is 68.6 cm³/mol. The van der Waals surface area contributed by atoms with E-state index in [1.165, 1.54) is 11.2 Å². The Morgan fingerprint density at radius 2 is 2.35 bits per heavy atom. The topological polar surface area (TPSA) is 67.9 Å². The van der Waals surface area contributed by atoms with Gasteiger partial charge in [0.1, 0.15) is 4.47 Å². The van der Waals surface area contributed by atoms with Gasteiger partial charge in [0.2, 0.25) is 5.88 Å². The predicted octanol–water partition coefficient (Wildman–Crippen LogP) is 1.92. The van der Waals surface area contributed by atoms with E-state index in [0.717, 1.165) is 12.1 Å². The molecule has 0 atom stereocenters. The normalized spacial score (nSPS) is 10.5. The Hall–Kier alpha value is -1.21. The second kappa shape index (κ2) is 5.42. The smallest absolute Gasteiger partial charge is 0.268 e. The fourth-order valence-corrected chi connectivity index (χ4v) is 2.37. The molecule has 0 aliphatic heterocycles. The molecule has 0 fully saturated rings. The monoisotopic (exact) mass is 315 g/mol. The molecule has 0 aromatic carbocycles. The molecule has 2 heterocycles. The first-order valence-electron chi connectivity index (χ1n) is 4.93.